The third-order valence-corrected chi connectivity index (χ3v) is 4.50. The zero-order chi connectivity index (χ0) is 13.9. The highest BCUT2D eigenvalue weighted by molar-refractivity contribution is 4.83. The minimum absolute atomic E-state index is 0.197. The van der Waals surface area contributed by atoms with Crippen LogP contribution in [0.3, 0.4) is 0 Å². The van der Waals surface area contributed by atoms with Crippen LogP contribution in [0.4, 0.5) is 0 Å². The van der Waals surface area contributed by atoms with E-state index in [1.54, 1.807) is 0 Å². The number of rotatable bonds is 5. The Labute approximate surface area is 119 Å². The number of nitrogens with zero attached hydrogens (tertiary/aromatic N) is 1. The van der Waals surface area contributed by atoms with Crippen molar-refractivity contribution in [2.45, 2.75) is 83.1 Å². The lowest BCUT2D eigenvalue weighted by Crippen LogP contribution is -2.41. The van der Waals surface area contributed by atoms with E-state index in [1.165, 1.54) is 38.5 Å². The summed E-state index contributed by atoms with van der Waals surface area (Å²) in [4.78, 5) is 2.54. The second-order valence-electron chi connectivity index (χ2n) is 7.47. The molecule has 1 heterocycles. The predicted molar refractivity (Wildman–Crippen MR) is 80.5 cm³/mol. The summed E-state index contributed by atoms with van der Waals surface area (Å²) in [5, 5.41) is 3.55. The lowest BCUT2D eigenvalue weighted by molar-refractivity contribution is 0.0186. The topological polar surface area (TPSA) is 24.5 Å². The highest BCUT2D eigenvalue weighted by atomic mass is 16.5. The fourth-order valence-electron chi connectivity index (χ4n) is 3.30. The molecule has 3 heteroatoms. The molecule has 0 aromatic carbocycles. The SMILES string of the molecule is CN(CC1CCC(CNC(C)(C)C)O1)C1CCCC1. The Bertz CT molecular complexity index is 268. The van der Waals surface area contributed by atoms with Gasteiger partial charge in [0.25, 0.3) is 0 Å². The molecule has 2 rings (SSSR count). The van der Waals surface area contributed by atoms with Gasteiger partial charge in [-0.25, -0.2) is 0 Å². The van der Waals surface area contributed by atoms with Crippen LogP contribution < -0.4 is 5.32 Å². The van der Waals surface area contributed by atoms with Gasteiger partial charge in [0.1, 0.15) is 0 Å². The number of ether oxygens (including phenoxy) is 1. The maximum atomic E-state index is 6.18. The van der Waals surface area contributed by atoms with Crippen LogP contribution in [0.2, 0.25) is 0 Å². The van der Waals surface area contributed by atoms with Gasteiger partial charge in [0.15, 0.2) is 0 Å². The Kier molecular flexibility index (Phi) is 5.27. The molecular weight excluding hydrogens is 236 g/mol. The van der Waals surface area contributed by atoms with E-state index in [4.69, 9.17) is 4.74 Å². The second kappa shape index (κ2) is 6.55. The summed E-state index contributed by atoms with van der Waals surface area (Å²) in [6.45, 7) is 8.76. The van der Waals surface area contributed by atoms with Crippen molar-refractivity contribution in [3.05, 3.63) is 0 Å². The Morgan fingerprint density at radius 3 is 2.32 bits per heavy atom. The molecule has 0 radical (unpaired) electrons. The molecule has 1 saturated carbocycles. The second-order valence-corrected chi connectivity index (χ2v) is 7.47. The Morgan fingerprint density at radius 1 is 1.05 bits per heavy atom. The van der Waals surface area contributed by atoms with Gasteiger partial charge in [-0.3, -0.25) is 0 Å². The van der Waals surface area contributed by atoms with E-state index in [1.807, 2.05) is 0 Å². The van der Waals surface area contributed by atoms with E-state index in [0.717, 1.165) is 19.1 Å². The van der Waals surface area contributed by atoms with Crippen LogP contribution in [0.25, 0.3) is 0 Å². The first-order chi connectivity index (χ1) is 8.94. The molecular formula is C16H32N2O. The fourth-order valence-corrected chi connectivity index (χ4v) is 3.30. The van der Waals surface area contributed by atoms with Crippen LogP contribution in [-0.4, -0.2) is 48.8 Å². The number of hydrogen-bond acceptors (Lipinski definition) is 3. The van der Waals surface area contributed by atoms with Gasteiger partial charge >= 0.3 is 0 Å². The van der Waals surface area contributed by atoms with E-state index in [2.05, 4.69) is 38.0 Å². The van der Waals surface area contributed by atoms with Gasteiger partial charge in [0, 0.05) is 24.7 Å². The van der Waals surface area contributed by atoms with Crippen LogP contribution in [0.1, 0.15) is 59.3 Å². The van der Waals surface area contributed by atoms with Gasteiger partial charge in [-0.15, -0.1) is 0 Å². The highest BCUT2D eigenvalue weighted by Crippen LogP contribution is 2.25. The first kappa shape index (κ1) is 15.3. The smallest absolute Gasteiger partial charge is 0.0707 e. The lowest BCUT2D eigenvalue weighted by atomic mass is 10.1. The molecule has 0 aromatic heterocycles. The van der Waals surface area contributed by atoms with Crippen molar-refractivity contribution in [3.63, 3.8) is 0 Å². The zero-order valence-corrected chi connectivity index (χ0v) is 13.2. The Morgan fingerprint density at radius 2 is 1.68 bits per heavy atom. The maximum absolute atomic E-state index is 6.18. The Balaban J connectivity index is 1.67. The molecule has 1 aliphatic heterocycles. The molecule has 0 bridgehead atoms. The van der Waals surface area contributed by atoms with Crippen molar-refractivity contribution in [2.24, 2.45) is 0 Å². The van der Waals surface area contributed by atoms with E-state index in [-0.39, 0.29) is 5.54 Å². The molecule has 3 nitrogen and oxygen atoms in total. The summed E-state index contributed by atoms with van der Waals surface area (Å²) in [6.07, 6.45) is 8.92. The highest BCUT2D eigenvalue weighted by Gasteiger charge is 2.29. The number of likely N-dealkylation sites (N-methyl/N-ethyl adjacent to an activating group) is 1. The monoisotopic (exact) mass is 268 g/mol. The van der Waals surface area contributed by atoms with Crippen molar-refractivity contribution in [1.29, 1.82) is 0 Å². The summed E-state index contributed by atoms with van der Waals surface area (Å²) in [6, 6.07) is 0.815. The van der Waals surface area contributed by atoms with E-state index >= 15 is 0 Å². The average molecular weight is 268 g/mol. The van der Waals surface area contributed by atoms with Crippen LogP contribution in [0.15, 0.2) is 0 Å². The molecule has 0 spiro atoms. The first-order valence-electron chi connectivity index (χ1n) is 8.05. The van der Waals surface area contributed by atoms with Crippen LogP contribution in [0, 0.1) is 0 Å². The van der Waals surface area contributed by atoms with Crippen LogP contribution in [0.5, 0.6) is 0 Å². The average Bonchev–Trinajstić information content (AvgIpc) is 2.96. The van der Waals surface area contributed by atoms with Gasteiger partial charge in [-0.05, 0) is 53.5 Å². The van der Waals surface area contributed by atoms with Crippen LogP contribution >= 0.6 is 0 Å². The minimum Gasteiger partial charge on any atom is -0.372 e. The van der Waals surface area contributed by atoms with E-state index < -0.39 is 0 Å². The lowest BCUT2D eigenvalue weighted by Gasteiger charge is -2.27. The van der Waals surface area contributed by atoms with Crippen molar-refractivity contribution >= 4 is 0 Å². The van der Waals surface area contributed by atoms with Gasteiger partial charge in [-0.1, -0.05) is 12.8 Å². The summed E-state index contributed by atoms with van der Waals surface area (Å²) in [5.74, 6) is 0. The summed E-state index contributed by atoms with van der Waals surface area (Å²) in [5.41, 5.74) is 0.197. The predicted octanol–water partition coefficient (Wildman–Crippen LogP) is 2.80. The van der Waals surface area contributed by atoms with Crippen molar-refractivity contribution in [3.8, 4) is 0 Å². The zero-order valence-electron chi connectivity index (χ0n) is 13.2. The molecule has 19 heavy (non-hydrogen) atoms. The molecule has 2 unspecified atom stereocenters. The van der Waals surface area contributed by atoms with Gasteiger partial charge in [0.05, 0.1) is 12.2 Å². The molecule has 0 aromatic rings. The molecule has 112 valence electrons. The molecule has 2 fully saturated rings. The molecule has 1 aliphatic carbocycles. The fraction of sp³-hybridized carbons (Fsp3) is 1.00. The molecule has 2 aliphatic rings. The Hall–Kier alpha value is -0.120. The molecule has 1 saturated heterocycles. The summed E-state index contributed by atoms with van der Waals surface area (Å²) < 4.78 is 6.18. The summed E-state index contributed by atoms with van der Waals surface area (Å²) >= 11 is 0. The molecule has 1 N–H and O–H groups in total. The largest absolute Gasteiger partial charge is 0.372 e. The molecule has 2 atom stereocenters. The number of nitrogens with one attached hydrogen (secondary N) is 1. The number of hydrogen-bond donors (Lipinski definition) is 1. The van der Waals surface area contributed by atoms with Crippen molar-refractivity contribution in [2.75, 3.05) is 20.1 Å². The van der Waals surface area contributed by atoms with Crippen molar-refractivity contribution < 1.29 is 4.74 Å². The minimum atomic E-state index is 0.197. The van der Waals surface area contributed by atoms with Crippen molar-refractivity contribution in [1.82, 2.24) is 10.2 Å². The third-order valence-electron chi connectivity index (χ3n) is 4.50. The third kappa shape index (κ3) is 5.05. The quantitative estimate of drug-likeness (QED) is 0.830. The van der Waals surface area contributed by atoms with Gasteiger partial charge in [0.2, 0.25) is 0 Å². The van der Waals surface area contributed by atoms with E-state index in [0.29, 0.717) is 12.2 Å². The first-order valence-corrected chi connectivity index (χ1v) is 8.05. The van der Waals surface area contributed by atoms with Gasteiger partial charge in [-0.2, -0.15) is 0 Å². The maximum Gasteiger partial charge on any atom is 0.0707 e. The van der Waals surface area contributed by atoms with E-state index in [9.17, 15) is 0 Å². The standard InChI is InChI=1S/C16H32N2O/c1-16(2,3)17-11-14-9-10-15(19-14)12-18(4)13-7-5-6-8-13/h13-15,17H,5-12H2,1-4H3. The van der Waals surface area contributed by atoms with Crippen LogP contribution in [-0.2, 0) is 4.74 Å². The normalized spacial score (nSPS) is 29.5. The molecule has 0 amide bonds. The summed E-state index contributed by atoms with van der Waals surface area (Å²) in [7, 11) is 2.28. The van der Waals surface area contributed by atoms with Gasteiger partial charge < -0.3 is 15.0 Å².